The van der Waals surface area contributed by atoms with E-state index in [0.29, 0.717) is 6.04 Å². The lowest BCUT2D eigenvalue weighted by atomic mass is 10.2. The van der Waals surface area contributed by atoms with Crippen LogP contribution in [0.3, 0.4) is 0 Å². The number of pyridine rings is 1. The van der Waals surface area contributed by atoms with Crippen LogP contribution in [-0.4, -0.2) is 24.1 Å². The Hall–Kier alpha value is -1.61. The minimum Gasteiger partial charge on any atom is -0.349 e. The Labute approximate surface area is 117 Å². The SMILES string of the molecule is C=CCN(CC=C)c1ccc(CNC(C)C)c(C)n1. The molecule has 1 aromatic heterocycles. The van der Waals surface area contributed by atoms with Crippen molar-refractivity contribution in [2.75, 3.05) is 18.0 Å². The lowest BCUT2D eigenvalue weighted by molar-refractivity contribution is 0.586. The first-order valence-corrected chi connectivity index (χ1v) is 6.75. The Morgan fingerprint density at radius 1 is 1.26 bits per heavy atom. The molecule has 0 unspecified atom stereocenters. The third-order valence-corrected chi connectivity index (χ3v) is 2.90. The predicted octanol–water partition coefficient (Wildman–Crippen LogP) is 3.07. The van der Waals surface area contributed by atoms with E-state index in [2.05, 4.69) is 61.3 Å². The highest BCUT2D eigenvalue weighted by Crippen LogP contribution is 2.15. The number of aromatic nitrogens is 1. The molecule has 1 N–H and O–H groups in total. The fraction of sp³-hybridized carbons (Fsp3) is 0.438. The van der Waals surface area contributed by atoms with Gasteiger partial charge < -0.3 is 10.2 Å². The van der Waals surface area contributed by atoms with E-state index in [0.717, 1.165) is 31.1 Å². The van der Waals surface area contributed by atoms with Crippen LogP contribution in [0.2, 0.25) is 0 Å². The van der Waals surface area contributed by atoms with Crippen molar-refractivity contribution in [2.45, 2.75) is 33.4 Å². The van der Waals surface area contributed by atoms with Crippen molar-refractivity contribution >= 4 is 5.82 Å². The van der Waals surface area contributed by atoms with Crippen LogP contribution in [0.25, 0.3) is 0 Å². The van der Waals surface area contributed by atoms with Crippen LogP contribution >= 0.6 is 0 Å². The fourth-order valence-corrected chi connectivity index (χ4v) is 1.83. The summed E-state index contributed by atoms with van der Waals surface area (Å²) in [6.45, 7) is 16.3. The number of nitrogens with one attached hydrogen (secondary N) is 1. The van der Waals surface area contributed by atoms with Gasteiger partial charge in [-0.2, -0.15) is 0 Å². The average molecular weight is 259 g/mol. The maximum absolute atomic E-state index is 4.68. The smallest absolute Gasteiger partial charge is 0.129 e. The number of aryl methyl sites for hydroxylation is 1. The van der Waals surface area contributed by atoms with Crippen LogP contribution in [0.5, 0.6) is 0 Å². The van der Waals surface area contributed by atoms with Crippen molar-refractivity contribution in [1.82, 2.24) is 10.3 Å². The van der Waals surface area contributed by atoms with E-state index >= 15 is 0 Å². The van der Waals surface area contributed by atoms with Crippen LogP contribution in [-0.2, 0) is 6.54 Å². The Balaban J connectivity index is 2.84. The van der Waals surface area contributed by atoms with E-state index in [-0.39, 0.29) is 0 Å². The van der Waals surface area contributed by atoms with Crippen LogP contribution in [0.4, 0.5) is 5.82 Å². The molecule has 0 bridgehead atoms. The van der Waals surface area contributed by atoms with Crippen LogP contribution in [0.1, 0.15) is 25.1 Å². The summed E-state index contributed by atoms with van der Waals surface area (Å²) in [5, 5.41) is 3.42. The van der Waals surface area contributed by atoms with Crippen LogP contribution in [0, 0.1) is 6.92 Å². The largest absolute Gasteiger partial charge is 0.349 e. The molecule has 0 aromatic carbocycles. The highest BCUT2D eigenvalue weighted by molar-refractivity contribution is 5.43. The summed E-state index contributed by atoms with van der Waals surface area (Å²) in [7, 11) is 0. The van der Waals surface area contributed by atoms with Gasteiger partial charge in [-0.1, -0.05) is 32.1 Å². The van der Waals surface area contributed by atoms with Gasteiger partial charge in [-0.05, 0) is 18.6 Å². The summed E-state index contributed by atoms with van der Waals surface area (Å²) in [4.78, 5) is 6.82. The second-order valence-electron chi connectivity index (χ2n) is 4.93. The number of hydrogen-bond acceptors (Lipinski definition) is 3. The van der Waals surface area contributed by atoms with Crippen LogP contribution < -0.4 is 10.2 Å². The maximum Gasteiger partial charge on any atom is 0.129 e. The van der Waals surface area contributed by atoms with E-state index in [4.69, 9.17) is 0 Å². The van der Waals surface area contributed by atoms with Gasteiger partial charge in [0.2, 0.25) is 0 Å². The first-order chi connectivity index (χ1) is 9.08. The fourth-order valence-electron chi connectivity index (χ4n) is 1.83. The van der Waals surface area contributed by atoms with E-state index in [1.165, 1.54) is 5.56 Å². The summed E-state index contributed by atoms with van der Waals surface area (Å²) in [6.07, 6.45) is 3.77. The van der Waals surface area contributed by atoms with Gasteiger partial charge in [-0.3, -0.25) is 0 Å². The monoisotopic (exact) mass is 259 g/mol. The van der Waals surface area contributed by atoms with Gasteiger partial charge in [0.05, 0.1) is 0 Å². The number of rotatable bonds is 8. The molecule has 0 saturated heterocycles. The molecule has 1 rings (SSSR count). The van der Waals surface area contributed by atoms with E-state index < -0.39 is 0 Å². The molecule has 0 fully saturated rings. The molecule has 1 heterocycles. The minimum atomic E-state index is 0.483. The number of hydrogen-bond donors (Lipinski definition) is 1. The molecule has 0 radical (unpaired) electrons. The van der Waals surface area contributed by atoms with Gasteiger partial charge in [-0.15, -0.1) is 13.2 Å². The predicted molar refractivity (Wildman–Crippen MR) is 83.6 cm³/mol. The molecule has 0 aliphatic heterocycles. The molecule has 0 atom stereocenters. The standard InChI is InChI=1S/C16H25N3/c1-6-10-19(11-7-2)16-9-8-15(14(5)18-16)12-17-13(3)4/h6-9,13,17H,1-2,10-12H2,3-5H3. The molecule has 0 saturated carbocycles. The first kappa shape index (κ1) is 15.4. The van der Waals surface area contributed by atoms with Crippen molar-refractivity contribution in [3.05, 3.63) is 48.7 Å². The Morgan fingerprint density at radius 2 is 1.89 bits per heavy atom. The van der Waals surface area contributed by atoms with Gasteiger partial charge in [0.25, 0.3) is 0 Å². The summed E-state index contributed by atoms with van der Waals surface area (Å²) < 4.78 is 0. The van der Waals surface area contributed by atoms with Gasteiger partial charge in [0.15, 0.2) is 0 Å². The zero-order valence-electron chi connectivity index (χ0n) is 12.3. The summed E-state index contributed by atoms with van der Waals surface area (Å²) in [6, 6.07) is 4.70. The summed E-state index contributed by atoms with van der Waals surface area (Å²) in [5.74, 6) is 0.977. The first-order valence-electron chi connectivity index (χ1n) is 6.75. The molecule has 0 aliphatic rings. The van der Waals surface area contributed by atoms with E-state index in [9.17, 15) is 0 Å². The second-order valence-corrected chi connectivity index (χ2v) is 4.93. The molecule has 1 aromatic rings. The van der Waals surface area contributed by atoms with Gasteiger partial charge in [0.1, 0.15) is 5.82 Å². The second kappa shape index (κ2) is 7.74. The normalized spacial score (nSPS) is 10.5. The zero-order chi connectivity index (χ0) is 14.3. The number of anilines is 1. The molecule has 104 valence electrons. The zero-order valence-corrected chi connectivity index (χ0v) is 12.3. The molecular weight excluding hydrogens is 234 g/mol. The highest BCUT2D eigenvalue weighted by atomic mass is 15.2. The lowest BCUT2D eigenvalue weighted by Gasteiger charge is -2.21. The minimum absolute atomic E-state index is 0.483. The van der Waals surface area contributed by atoms with Gasteiger partial charge in [-0.25, -0.2) is 4.98 Å². The van der Waals surface area contributed by atoms with Crippen molar-refractivity contribution < 1.29 is 0 Å². The summed E-state index contributed by atoms with van der Waals surface area (Å²) >= 11 is 0. The maximum atomic E-state index is 4.68. The molecule has 0 spiro atoms. The topological polar surface area (TPSA) is 28.2 Å². The van der Waals surface area contributed by atoms with Crippen molar-refractivity contribution in [3.63, 3.8) is 0 Å². The third-order valence-electron chi connectivity index (χ3n) is 2.90. The quantitative estimate of drug-likeness (QED) is 0.727. The van der Waals surface area contributed by atoms with Crippen molar-refractivity contribution in [3.8, 4) is 0 Å². The van der Waals surface area contributed by atoms with Gasteiger partial charge in [0, 0.05) is 31.4 Å². The van der Waals surface area contributed by atoms with Crippen LogP contribution in [0.15, 0.2) is 37.4 Å². The molecule has 0 aliphatic carbocycles. The lowest BCUT2D eigenvalue weighted by Crippen LogP contribution is -2.25. The molecule has 19 heavy (non-hydrogen) atoms. The highest BCUT2D eigenvalue weighted by Gasteiger charge is 2.07. The number of nitrogens with zero attached hydrogens (tertiary/aromatic N) is 2. The Kier molecular flexibility index (Phi) is 6.30. The molecular formula is C16H25N3. The Morgan fingerprint density at radius 3 is 2.37 bits per heavy atom. The molecule has 0 amide bonds. The Bertz CT molecular complexity index is 414. The van der Waals surface area contributed by atoms with E-state index in [1.54, 1.807) is 0 Å². The van der Waals surface area contributed by atoms with Gasteiger partial charge >= 0.3 is 0 Å². The van der Waals surface area contributed by atoms with E-state index in [1.807, 2.05) is 12.2 Å². The molecule has 3 heteroatoms. The summed E-state index contributed by atoms with van der Waals surface area (Å²) in [5.41, 5.74) is 2.32. The molecule has 3 nitrogen and oxygen atoms in total. The third kappa shape index (κ3) is 4.87. The average Bonchev–Trinajstić information content (AvgIpc) is 2.37. The van der Waals surface area contributed by atoms with Crippen molar-refractivity contribution in [1.29, 1.82) is 0 Å². The van der Waals surface area contributed by atoms with Crippen molar-refractivity contribution in [2.24, 2.45) is 0 Å².